The fourth-order valence-electron chi connectivity index (χ4n) is 2.18. The average molecular weight is 271 g/mol. The molecule has 4 heteroatoms. The molecule has 0 spiro atoms. The monoisotopic (exact) mass is 271 g/mol. The molecular formula is C15H26FNO2. The highest BCUT2D eigenvalue weighted by molar-refractivity contribution is 5.91. The number of allylic oxidation sites excluding steroid dienone is 1. The quantitative estimate of drug-likeness (QED) is 0.543. The summed E-state index contributed by atoms with van der Waals surface area (Å²) in [5.74, 6) is -0.836. The maximum Gasteiger partial charge on any atom is 0.279 e. The smallest absolute Gasteiger partial charge is 0.279 e. The van der Waals surface area contributed by atoms with Gasteiger partial charge >= 0.3 is 0 Å². The van der Waals surface area contributed by atoms with Crippen LogP contribution < -0.4 is 5.32 Å². The maximum atomic E-state index is 13.8. The van der Waals surface area contributed by atoms with Gasteiger partial charge in [0.2, 0.25) is 0 Å². The normalized spacial score (nSPS) is 20.3. The molecule has 1 saturated heterocycles. The first kappa shape index (κ1) is 16.2. The zero-order valence-electron chi connectivity index (χ0n) is 12.1. The summed E-state index contributed by atoms with van der Waals surface area (Å²) in [5, 5.41) is 2.66. The molecule has 0 radical (unpaired) electrons. The van der Waals surface area contributed by atoms with E-state index in [1.54, 1.807) is 6.92 Å². The van der Waals surface area contributed by atoms with Crippen LogP contribution in [0.15, 0.2) is 11.4 Å². The fourth-order valence-corrected chi connectivity index (χ4v) is 2.18. The number of carbonyl (C=O) groups excluding carboxylic acids is 1. The van der Waals surface area contributed by atoms with E-state index in [1.807, 2.05) is 0 Å². The Bertz CT molecular complexity index is 309. The average Bonchev–Trinajstić information content (AvgIpc) is 2.93. The SMILES string of the molecule is CCCCCC/C(C)=C(/F)C(=O)NCC1CCOC1. The van der Waals surface area contributed by atoms with Crippen LogP contribution in [0.4, 0.5) is 4.39 Å². The molecule has 1 unspecified atom stereocenters. The predicted molar refractivity (Wildman–Crippen MR) is 74.5 cm³/mol. The van der Waals surface area contributed by atoms with Crippen LogP contribution >= 0.6 is 0 Å². The standard InChI is InChI=1S/C15H26FNO2/c1-3-4-5-6-7-12(2)14(16)15(18)17-10-13-8-9-19-11-13/h13H,3-11H2,1-2H3,(H,17,18)/b14-12+. The Morgan fingerprint density at radius 3 is 2.79 bits per heavy atom. The van der Waals surface area contributed by atoms with Crippen molar-refractivity contribution in [3.63, 3.8) is 0 Å². The first-order chi connectivity index (χ1) is 9.15. The summed E-state index contributed by atoms with van der Waals surface area (Å²) in [6.45, 7) is 5.77. The molecule has 0 saturated carbocycles. The second-order valence-electron chi connectivity index (χ2n) is 5.34. The lowest BCUT2D eigenvalue weighted by atomic mass is 10.1. The summed E-state index contributed by atoms with van der Waals surface area (Å²) in [6.07, 6.45) is 6.00. The third-order valence-electron chi connectivity index (χ3n) is 3.55. The molecule has 1 N–H and O–H groups in total. The zero-order valence-corrected chi connectivity index (χ0v) is 12.1. The Labute approximate surface area is 115 Å². The molecule has 3 nitrogen and oxygen atoms in total. The maximum absolute atomic E-state index is 13.8. The van der Waals surface area contributed by atoms with Gasteiger partial charge in [-0.15, -0.1) is 0 Å². The molecule has 1 rings (SSSR count). The van der Waals surface area contributed by atoms with Gasteiger partial charge in [-0.05, 0) is 31.8 Å². The molecule has 0 aliphatic carbocycles. The van der Waals surface area contributed by atoms with Crippen molar-refractivity contribution in [1.82, 2.24) is 5.32 Å². The van der Waals surface area contributed by atoms with Gasteiger partial charge in [0, 0.05) is 19.1 Å². The van der Waals surface area contributed by atoms with Crippen molar-refractivity contribution in [2.75, 3.05) is 19.8 Å². The summed E-state index contributed by atoms with van der Waals surface area (Å²) >= 11 is 0. The Morgan fingerprint density at radius 2 is 2.16 bits per heavy atom. The van der Waals surface area contributed by atoms with Gasteiger partial charge in [-0.2, -0.15) is 0 Å². The lowest BCUT2D eigenvalue weighted by molar-refractivity contribution is -0.119. The van der Waals surface area contributed by atoms with Crippen LogP contribution in [0.25, 0.3) is 0 Å². The molecule has 1 amide bonds. The first-order valence-electron chi connectivity index (χ1n) is 7.36. The van der Waals surface area contributed by atoms with Crippen molar-refractivity contribution >= 4 is 5.91 Å². The van der Waals surface area contributed by atoms with E-state index in [0.29, 0.717) is 31.1 Å². The van der Waals surface area contributed by atoms with Crippen molar-refractivity contribution in [3.8, 4) is 0 Å². The van der Waals surface area contributed by atoms with Crippen LogP contribution in [0, 0.1) is 5.92 Å². The highest BCUT2D eigenvalue weighted by atomic mass is 19.1. The molecule has 1 aliphatic heterocycles. The number of ether oxygens (including phenoxy) is 1. The van der Waals surface area contributed by atoms with E-state index in [9.17, 15) is 9.18 Å². The minimum atomic E-state index is -0.601. The Balaban J connectivity index is 2.27. The fraction of sp³-hybridized carbons (Fsp3) is 0.800. The summed E-state index contributed by atoms with van der Waals surface area (Å²) in [7, 11) is 0. The van der Waals surface area contributed by atoms with Gasteiger partial charge in [0.15, 0.2) is 5.83 Å². The number of hydrogen-bond donors (Lipinski definition) is 1. The van der Waals surface area contributed by atoms with E-state index in [0.717, 1.165) is 32.3 Å². The van der Waals surface area contributed by atoms with E-state index < -0.39 is 11.7 Å². The highest BCUT2D eigenvalue weighted by Gasteiger charge is 2.18. The topological polar surface area (TPSA) is 38.3 Å². The molecule has 1 aliphatic rings. The van der Waals surface area contributed by atoms with Gasteiger partial charge in [0.05, 0.1) is 6.61 Å². The molecular weight excluding hydrogens is 245 g/mol. The molecule has 110 valence electrons. The van der Waals surface area contributed by atoms with Gasteiger partial charge in [-0.25, -0.2) is 4.39 Å². The summed E-state index contributed by atoms with van der Waals surface area (Å²) in [6, 6.07) is 0. The molecule has 0 aromatic heterocycles. The highest BCUT2D eigenvalue weighted by Crippen LogP contribution is 2.16. The number of halogens is 1. The Morgan fingerprint density at radius 1 is 1.37 bits per heavy atom. The molecule has 0 aromatic carbocycles. The van der Waals surface area contributed by atoms with E-state index in [1.165, 1.54) is 6.42 Å². The number of hydrogen-bond acceptors (Lipinski definition) is 2. The van der Waals surface area contributed by atoms with Crippen LogP contribution in [0.2, 0.25) is 0 Å². The minimum absolute atomic E-state index is 0.335. The van der Waals surface area contributed by atoms with Crippen LogP contribution in [0.5, 0.6) is 0 Å². The Kier molecular flexibility index (Phi) is 7.72. The molecule has 1 fully saturated rings. The number of nitrogens with one attached hydrogen (secondary N) is 1. The number of amides is 1. The number of unbranched alkanes of at least 4 members (excludes halogenated alkanes) is 3. The number of rotatable bonds is 8. The Hall–Kier alpha value is -0.900. The molecule has 1 atom stereocenters. The van der Waals surface area contributed by atoms with Crippen molar-refractivity contribution < 1.29 is 13.9 Å². The predicted octanol–water partition coefficient (Wildman–Crippen LogP) is 3.35. The van der Waals surface area contributed by atoms with Gasteiger partial charge < -0.3 is 10.1 Å². The van der Waals surface area contributed by atoms with E-state index in [4.69, 9.17) is 4.74 Å². The third-order valence-corrected chi connectivity index (χ3v) is 3.55. The van der Waals surface area contributed by atoms with Crippen molar-refractivity contribution in [1.29, 1.82) is 0 Å². The second-order valence-corrected chi connectivity index (χ2v) is 5.34. The van der Waals surface area contributed by atoms with Crippen LogP contribution in [-0.4, -0.2) is 25.7 Å². The lowest BCUT2D eigenvalue weighted by Gasteiger charge is -2.09. The molecule has 0 aromatic rings. The molecule has 19 heavy (non-hydrogen) atoms. The van der Waals surface area contributed by atoms with Crippen molar-refractivity contribution in [3.05, 3.63) is 11.4 Å². The van der Waals surface area contributed by atoms with Crippen LogP contribution in [0.3, 0.4) is 0 Å². The third kappa shape index (κ3) is 6.19. The molecule has 1 heterocycles. The van der Waals surface area contributed by atoms with E-state index >= 15 is 0 Å². The van der Waals surface area contributed by atoms with Gasteiger partial charge in [0.25, 0.3) is 5.91 Å². The first-order valence-corrected chi connectivity index (χ1v) is 7.36. The zero-order chi connectivity index (χ0) is 14.1. The summed E-state index contributed by atoms with van der Waals surface area (Å²) < 4.78 is 19.0. The summed E-state index contributed by atoms with van der Waals surface area (Å²) in [5.41, 5.74) is 0.566. The lowest BCUT2D eigenvalue weighted by Crippen LogP contribution is -2.30. The van der Waals surface area contributed by atoms with E-state index in [2.05, 4.69) is 12.2 Å². The summed E-state index contributed by atoms with van der Waals surface area (Å²) in [4.78, 5) is 11.6. The number of carbonyl (C=O) groups is 1. The van der Waals surface area contributed by atoms with Gasteiger partial charge in [-0.1, -0.05) is 26.2 Å². The van der Waals surface area contributed by atoms with Crippen LogP contribution in [-0.2, 0) is 9.53 Å². The van der Waals surface area contributed by atoms with Crippen molar-refractivity contribution in [2.45, 2.75) is 52.4 Å². The van der Waals surface area contributed by atoms with E-state index in [-0.39, 0.29) is 0 Å². The largest absolute Gasteiger partial charge is 0.381 e. The minimum Gasteiger partial charge on any atom is -0.381 e. The van der Waals surface area contributed by atoms with Crippen molar-refractivity contribution in [2.24, 2.45) is 5.92 Å². The van der Waals surface area contributed by atoms with Gasteiger partial charge in [0.1, 0.15) is 0 Å². The second kappa shape index (κ2) is 9.08. The molecule has 0 bridgehead atoms. The van der Waals surface area contributed by atoms with Crippen LogP contribution in [0.1, 0.15) is 52.4 Å². The van der Waals surface area contributed by atoms with Gasteiger partial charge in [-0.3, -0.25) is 4.79 Å².